The van der Waals surface area contributed by atoms with Gasteiger partial charge in [-0.05, 0) is 61.7 Å². The molecule has 0 spiro atoms. The van der Waals surface area contributed by atoms with Crippen molar-refractivity contribution >= 4 is 11.6 Å². The summed E-state index contributed by atoms with van der Waals surface area (Å²) in [6.45, 7) is 2.40. The van der Waals surface area contributed by atoms with Crippen molar-refractivity contribution in [3.05, 3.63) is 82.4 Å². The third kappa shape index (κ3) is 3.97. The standard InChI is InChI=1S/C23H22FN3O2/c1-16-15-18-5-2-3-6-21(18)27(16)23(29)7-4-14-26-22(28)13-12-20(25-26)17-8-10-19(24)11-9-17/h2-3,5-6,8-13,16H,4,7,14-15H2,1H3. The van der Waals surface area contributed by atoms with Gasteiger partial charge in [0.15, 0.2) is 0 Å². The van der Waals surface area contributed by atoms with Gasteiger partial charge in [-0.1, -0.05) is 18.2 Å². The molecule has 0 saturated carbocycles. The van der Waals surface area contributed by atoms with Crippen molar-refractivity contribution < 1.29 is 9.18 Å². The van der Waals surface area contributed by atoms with Gasteiger partial charge >= 0.3 is 0 Å². The lowest BCUT2D eigenvalue weighted by Gasteiger charge is -2.22. The van der Waals surface area contributed by atoms with Gasteiger partial charge in [-0.3, -0.25) is 9.59 Å². The summed E-state index contributed by atoms with van der Waals surface area (Å²) in [5, 5.41) is 4.37. The normalized spacial score (nSPS) is 15.4. The first-order valence-corrected chi connectivity index (χ1v) is 9.77. The molecule has 1 amide bonds. The van der Waals surface area contributed by atoms with E-state index in [4.69, 9.17) is 0 Å². The van der Waals surface area contributed by atoms with Crippen LogP contribution in [0.4, 0.5) is 10.1 Å². The number of benzene rings is 2. The molecule has 2 aromatic carbocycles. The van der Waals surface area contributed by atoms with Crippen LogP contribution in [0, 0.1) is 5.82 Å². The van der Waals surface area contributed by atoms with E-state index < -0.39 is 0 Å². The summed E-state index contributed by atoms with van der Waals surface area (Å²) in [5.41, 5.74) is 3.29. The molecule has 1 unspecified atom stereocenters. The lowest BCUT2D eigenvalue weighted by molar-refractivity contribution is -0.119. The summed E-state index contributed by atoms with van der Waals surface area (Å²) < 4.78 is 14.5. The second kappa shape index (κ2) is 7.99. The minimum Gasteiger partial charge on any atom is -0.309 e. The van der Waals surface area contributed by atoms with E-state index in [0.717, 1.165) is 17.7 Å². The fourth-order valence-corrected chi connectivity index (χ4v) is 3.83. The Hall–Kier alpha value is -3.28. The molecule has 6 heteroatoms. The Kier molecular flexibility index (Phi) is 5.25. The molecule has 0 fully saturated rings. The number of aromatic nitrogens is 2. The molecule has 0 bridgehead atoms. The number of amides is 1. The number of hydrogen-bond donors (Lipinski definition) is 0. The zero-order chi connectivity index (χ0) is 20.4. The molecule has 0 radical (unpaired) electrons. The SMILES string of the molecule is CC1Cc2ccccc2N1C(=O)CCCn1nc(-c2ccc(F)cc2)ccc1=O. The number of nitrogens with zero attached hydrogens (tertiary/aromatic N) is 3. The highest BCUT2D eigenvalue weighted by molar-refractivity contribution is 5.96. The van der Waals surface area contributed by atoms with Gasteiger partial charge in [0, 0.05) is 36.3 Å². The third-order valence-corrected chi connectivity index (χ3v) is 5.24. The third-order valence-electron chi connectivity index (χ3n) is 5.24. The Morgan fingerprint density at radius 1 is 1.10 bits per heavy atom. The number of hydrogen-bond acceptors (Lipinski definition) is 3. The minimum absolute atomic E-state index is 0.0604. The highest BCUT2D eigenvalue weighted by Gasteiger charge is 2.29. The van der Waals surface area contributed by atoms with Crippen LogP contribution in [0.2, 0.25) is 0 Å². The van der Waals surface area contributed by atoms with Gasteiger partial charge in [-0.2, -0.15) is 5.10 Å². The second-order valence-electron chi connectivity index (χ2n) is 7.34. The summed E-state index contributed by atoms with van der Waals surface area (Å²) >= 11 is 0. The van der Waals surface area contributed by atoms with Crippen LogP contribution >= 0.6 is 0 Å². The topological polar surface area (TPSA) is 55.2 Å². The maximum atomic E-state index is 13.1. The molecule has 1 atom stereocenters. The van der Waals surface area contributed by atoms with E-state index in [1.54, 1.807) is 18.2 Å². The molecule has 0 N–H and O–H groups in total. The Bertz CT molecular complexity index is 1090. The van der Waals surface area contributed by atoms with Gasteiger partial charge in [0.05, 0.1) is 5.69 Å². The first-order chi connectivity index (χ1) is 14.0. The smallest absolute Gasteiger partial charge is 0.266 e. The van der Waals surface area contributed by atoms with Gasteiger partial charge in [-0.15, -0.1) is 0 Å². The maximum Gasteiger partial charge on any atom is 0.266 e. The van der Waals surface area contributed by atoms with Crippen molar-refractivity contribution in [2.45, 2.75) is 38.8 Å². The van der Waals surface area contributed by atoms with Crippen molar-refractivity contribution in [3.63, 3.8) is 0 Å². The van der Waals surface area contributed by atoms with Crippen molar-refractivity contribution in [1.29, 1.82) is 0 Å². The van der Waals surface area contributed by atoms with Crippen LogP contribution in [0.25, 0.3) is 11.3 Å². The fraction of sp³-hybridized carbons (Fsp3) is 0.261. The number of fused-ring (bicyclic) bond motifs is 1. The number of anilines is 1. The van der Waals surface area contributed by atoms with Gasteiger partial charge in [-0.25, -0.2) is 9.07 Å². The quantitative estimate of drug-likeness (QED) is 0.665. The molecule has 4 rings (SSSR count). The molecule has 5 nitrogen and oxygen atoms in total. The summed E-state index contributed by atoms with van der Waals surface area (Å²) in [7, 11) is 0. The number of carbonyl (C=O) groups is 1. The van der Waals surface area contributed by atoms with E-state index in [9.17, 15) is 14.0 Å². The van der Waals surface area contributed by atoms with Gasteiger partial charge in [0.1, 0.15) is 5.82 Å². The fourth-order valence-electron chi connectivity index (χ4n) is 3.83. The molecule has 1 aliphatic heterocycles. The van der Waals surface area contributed by atoms with Gasteiger partial charge < -0.3 is 4.90 Å². The Morgan fingerprint density at radius 2 is 1.86 bits per heavy atom. The van der Waals surface area contributed by atoms with Crippen molar-refractivity contribution in [2.24, 2.45) is 0 Å². The van der Waals surface area contributed by atoms with Crippen molar-refractivity contribution in [3.8, 4) is 11.3 Å². The van der Waals surface area contributed by atoms with Crippen LogP contribution < -0.4 is 10.5 Å². The molecule has 2 heterocycles. The summed E-state index contributed by atoms with van der Waals surface area (Å²) in [6.07, 6.45) is 1.72. The average Bonchev–Trinajstić information content (AvgIpc) is 3.05. The minimum atomic E-state index is -0.321. The second-order valence-corrected chi connectivity index (χ2v) is 7.34. The largest absolute Gasteiger partial charge is 0.309 e. The predicted octanol–water partition coefficient (Wildman–Crippen LogP) is 3.81. The average molecular weight is 391 g/mol. The maximum absolute atomic E-state index is 13.1. The van der Waals surface area contributed by atoms with Crippen LogP contribution in [-0.2, 0) is 17.8 Å². The Balaban J connectivity index is 1.43. The van der Waals surface area contributed by atoms with Crippen LogP contribution in [0.1, 0.15) is 25.3 Å². The molecule has 3 aromatic rings. The lowest BCUT2D eigenvalue weighted by Crippen LogP contribution is -2.35. The van der Waals surface area contributed by atoms with E-state index in [-0.39, 0.29) is 23.3 Å². The predicted molar refractivity (Wildman–Crippen MR) is 110 cm³/mol. The molecule has 1 aliphatic rings. The molecular weight excluding hydrogens is 369 g/mol. The zero-order valence-corrected chi connectivity index (χ0v) is 16.2. The van der Waals surface area contributed by atoms with Crippen molar-refractivity contribution in [2.75, 3.05) is 4.90 Å². The van der Waals surface area contributed by atoms with Crippen LogP contribution in [0.5, 0.6) is 0 Å². The first-order valence-electron chi connectivity index (χ1n) is 9.77. The van der Waals surface area contributed by atoms with E-state index in [1.807, 2.05) is 23.1 Å². The summed E-state index contributed by atoms with van der Waals surface area (Å²) in [4.78, 5) is 26.8. The van der Waals surface area contributed by atoms with Crippen molar-refractivity contribution in [1.82, 2.24) is 9.78 Å². The molecule has 29 heavy (non-hydrogen) atoms. The molecule has 148 valence electrons. The highest BCUT2D eigenvalue weighted by atomic mass is 19.1. The first kappa shape index (κ1) is 19.1. The zero-order valence-electron chi connectivity index (χ0n) is 16.2. The van der Waals surface area contributed by atoms with E-state index in [1.165, 1.54) is 28.4 Å². The Morgan fingerprint density at radius 3 is 2.66 bits per heavy atom. The van der Waals surface area contributed by atoms with E-state index in [0.29, 0.717) is 25.1 Å². The summed E-state index contributed by atoms with van der Waals surface area (Å²) in [5.74, 6) is -0.261. The Labute approximate surface area is 168 Å². The van der Waals surface area contributed by atoms with Crippen LogP contribution in [0.3, 0.4) is 0 Å². The number of para-hydroxylation sites is 1. The van der Waals surface area contributed by atoms with Gasteiger partial charge in [0.2, 0.25) is 5.91 Å². The molecule has 0 aliphatic carbocycles. The monoisotopic (exact) mass is 391 g/mol. The van der Waals surface area contributed by atoms with Crippen LogP contribution in [-0.4, -0.2) is 21.7 Å². The highest BCUT2D eigenvalue weighted by Crippen LogP contribution is 2.32. The van der Waals surface area contributed by atoms with Crippen LogP contribution in [0.15, 0.2) is 65.5 Å². The lowest BCUT2D eigenvalue weighted by atomic mass is 10.1. The number of halogens is 1. The number of carbonyl (C=O) groups excluding carboxylic acids is 1. The number of rotatable bonds is 5. The molecule has 0 saturated heterocycles. The van der Waals surface area contributed by atoms with Gasteiger partial charge in [0.25, 0.3) is 5.56 Å². The molecule has 1 aromatic heterocycles. The van der Waals surface area contributed by atoms with E-state index >= 15 is 0 Å². The number of aryl methyl sites for hydroxylation is 1. The summed E-state index contributed by atoms with van der Waals surface area (Å²) in [6, 6.07) is 17.2. The molecular formula is C23H22FN3O2. The van der Waals surface area contributed by atoms with E-state index in [2.05, 4.69) is 18.1 Å².